The van der Waals surface area contributed by atoms with Crippen LogP contribution in [0.15, 0.2) is 11.4 Å². The molecule has 0 aromatic rings. The van der Waals surface area contributed by atoms with Crippen molar-refractivity contribution < 1.29 is 9.90 Å². The smallest absolute Gasteiger partial charge is 0.309 e. The molecule has 4 nitrogen and oxygen atoms in total. The van der Waals surface area contributed by atoms with E-state index in [2.05, 4.69) is 22.4 Å². The highest BCUT2D eigenvalue weighted by Gasteiger charge is 2.18. The number of hydrogen-bond donors (Lipinski definition) is 2. The number of aliphatic carboxylic acids is 1. The first-order valence-electron chi connectivity index (χ1n) is 4.50. The van der Waals surface area contributed by atoms with Gasteiger partial charge in [-0.1, -0.05) is 12.2 Å². The van der Waals surface area contributed by atoms with Gasteiger partial charge in [0.15, 0.2) is 0 Å². The van der Waals surface area contributed by atoms with Crippen molar-refractivity contribution in [1.29, 1.82) is 0 Å². The molecule has 1 fully saturated rings. The van der Waals surface area contributed by atoms with E-state index in [1.807, 2.05) is 7.05 Å². The van der Waals surface area contributed by atoms with E-state index in [9.17, 15) is 4.79 Å². The molecule has 78 valence electrons. The minimum Gasteiger partial charge on any atom is -0.481 e. The maximum atomic E-state index is 10.6. The predicted octanol–water partition coefficient (Wildman–Crippen LogP) is 0.945. The number of likely N-dealkylation sites (tertiary alicyclic amines) is 1. The highest BCUT2D eigenvalue weighted by atomic mass is 32.1. The average Bonchev–Trinajstić information content (AvgIpc) is 2.50. The largest absolute Gasteiger partial charge is 0.481 e. The van der Waals surface area contributed by atoms with Crippen LogP contribution in [0, 0.1) is 0 Å². The number of carboxylic acids is 1. The van der Waals surface area contributed by atoms with E-state index in [1.165, 1.54) is 5.49 Å². The van der Waals surface area contributed by atoms with Gasteiger partial charge in [0.1, 0.15) is 0 Å². The van der Waals surface area contributed by atoms with Crippen LogP contribution in [-0.2, 0) is 4.79 Å². The summed E-state index contributed by atoms with van der Waals surface area (Å²) in [6.45, 7) is 0.984. The topological polar surface area (TPSA) is 52.6 Å². The SMILES string of the molecule is CN1CCC/C1=C(\CC(=O)O)NC=S. The van der Waals surface area contributed by atoms with Crippen molar-refractivity contribution in [1.82, 2.24) is 10.2 Å². The molecular formula is C9H14N2O2S. The van der Waals surface area contributed by atoms with Crippen LogP contribution in [0.1, 0.15) is 19.3 Å². The summed E-state index contributed by atoms with van der Waals surface area (Å²) in [5.74, 6) is -0.836. The zero-order valence-electron chi connectivity index (χ0n) is 8.12. The fourth-order valence-corrected chi connectivity index (χ4v) is 1.79. The van der Waals surface area contributed by atoms with Crippen LogP contribution in [0.5, 0.6) is 0 Å². The molecule has 5 heteroatoms. The highest BCUT2D eigenvalue weighted by Crippen LogP contribution is 2.22. The third kappa shape index (κ3) is 2.70. The van der Waals surface area contributed by atoms with Crippen LogP contribution < -0.4 is 5.32 Å². The summed E-state index contributed by atoms with van der Waals surface area (Å²) >= 11 is 4.67. The zero-order valence-corrected chi connectivity index (χ0v) is 8.93. The highest BCUT2D eigenvalue weighted by molar-refractivity contribution is 7.78. The molecule has 0 spiro atoms. The Kier molecular flexibility index (Phi) is 3.88. The number of nitrogens with one attached hydrogen (secondary N) is 1. The van der Waals surface area contributed by atoms with Crippen molar-refractivity contribution in [3.63, 3.8) is 0 Å². The van der Waals surface area contributed by atoms with E-state index in [-0.39, 0.29) is 6.42 Å². The zero-order chi connectivity index (χ0) is 10.6. The Hall–Kier alpha value is -1.10. The van der Waals surface area contributed by atoms with Crippen LogP contribution in [-0.4, -0.2) is 35.1 Å². The third-order valence-electron chi connectivity index (χ3n) is 2.28. The maximum Gasteiger partial charge on any atom is 0.309 e. The van der Waals surface area contributed by atoms with E-state index in [0.717, 1.165) is 25.1 Å². The van der Waals surface area contributed by atoms with Crippen LogP contribution in [0.4, 0.5) is 0 Å². The second-order valence-corrected chi connectivity index (χ2v) is 3.52. The Balaban J connectivity index is 2.82. The van der Waals surface area contributed by atoms with E-state index in [1.54, 1.807) is 0 Å². The van der Waals surface area contributed by atoms with Gasteiger partial charge in [0.25, 0.3) is 0 Å². The fourth-order valence-electron chi connectivity index (χ4n) is 1.65. The number of carboxylic acid groups (broad SMARTS) is 1. The Morgan fingerprint density at radius 3 is 2.93 bits per heavy atom. The van der Waals surface area contributed by atoms with Gasteiger partial charge in [0.2, 0.25) is 0 Å². The Labute approximate surface area is 88.6 Å². The molecule has 2 N–H and O–H groups in total. The number of nitrogens with zero attached hydrogens (tertiary/aromatic N) is 1. The van der Waals surface area contributed by atoms with Crippen molar-refractivity contribution >= 4 is 23.7 Å². The summed E-state index contributed by atoms with van der Waals surface area (Å²) in [4.78, 5) is 12.7. The molecule has 0 saturated carbocycles. The molecule has 0 aliphatic carbocycles. The molecule has 1 heterocycles. The molecule has 1 aliphatic rings. The quantitative estimate of drug-likeness (QED) is 0.682. The third-order valence-corrected chi connectivity index (χ3v) is 2.40. The maximum absolute atomic E-state index is 10.6. The fraction of sp³-hybridized carbons (Fsp3) is 0.556. The van der Waals surface area contributed by atoms with Crippen LogP contribution in [0.2, 0.25) is 0 Å². The first-order valence-corrected chi connectivity index (χ1v) is 4.97. The Bertz CT molecular complexity index is 276. The van der Waals surface area contributed by atoms with Crippen LogP contribution >= 0.6 is 12.2 Å². The van der Waals surface area contributed by atoms with Gasteiger partial charge in [0, 0.05) is 25.0 Å². The standard InChI is InChI=1S/C9H14N2O2S/c1-11-4-2-3-8(11)7(10-6-14)5-9(12)13/h6H,2-5H2,1H3,(H,10,14)(H,12,13)/b8-7-. The lowest BCUT2D eigenvalue weighted by Gasteiger charge is -2.17. The lowest BCUT2D eigenvalue weighted by atomic mass is 10.2. The van der Waals surface area contributed by atoms with Gasteiger partial charge in [-0.15, -0.1) is 0 Å². The molecule has 1 aliphatic heterocycles. The van der Waals surface area contributed by atoms with Gasteiger partial charge in [-0.2, -0.15) is 0 Å². The average molecular weight is 214 g/mol. The molecule has 1 rings (SSSR count). The first kappa shape index (κ1) is 11.0. The van der Waals surface area contributed by atoms with Gasteiger partial charge in [-0.3, -0.25) is 4.79 Å². The summed E-state index contributed by atoms with van der Waals surface area (Å²) in [6.07, 6.45) is 2.01. The number of rotatable bonds is 4. The summed E-state index contributed by atoms with van der Waals surface area (Å²) in [5.41, 5.74) is 3.14. The molecule has 0 bridgehead atoms. The van der Waals surface area contributed by atoms with Gasteiger partial charge >= 0.3 is 5.97 Å². The minimum atomic E-state index is -0.836. The molecule has 0 aromatic carbocycles. The van der Waals surface area contributed by atoms with Gasteiger partial charge < -0.3 is 15.3 Å². The molecule has 0 unspecified atom stereocenters. The van der Waals surface area contributed by atoms with Crippen molar-refractivity contribution in [2.24, 2.45) is 0 Å². The molecular weight excluding hydrogens is 200 g/mol. The van der Waals surface area contributed by atoms with Crippen LogP contribution in [0.3, 0.4) is 0 Å². The minimum absolute atomic E-state index is 0.00676. The van der Waals surface area contributed by atoms with E-state index in [4.69, 9.17) is 5.11 Å². The Morgan fingerprint density at radius 1 is 1.79 bits per heavy atom. The molecule has 0 atom stereocenters. The summed E-state index contributed by atoms with van der Waals surface area (Å²) in [6, 6.07) is 0. The van der Waals surface area contributed by atoms with Gasteiger partial charge in [-0.25, -0.2) is 0 Å². The summed E-state index contributed by atoms with van der Waals surface area (Å²) in [5, 5.41) is 11.5. The lowest BCUT2D eigenvalue weighted by Crippen LogP contribution is -2.21. The van der Waals surface area contributed by atoms with Crippen molar-refractivity contribution in [3.05, 3.63) is 11.4 Å². The van der Waals surface area contributed by atoms with Gasteiger partial charge in [-0.05, 0) is 12.8 Å². The van der Waals surface area contributed by atoms with E-state index < -0.39 is 5.97 Å². The number of thiocarbonyl (C=S) groups is 1. The lowest BCUT2D eigenvalue weighted by molar-refractivity contribution is -0.136. The number of allylic oxidation sites excluding steroid dienone is 1. The molecule has 0 radical (unpaired) electrons. The van der Waals surface area contributed by atoms with Crippen LogP contribution in [0.25, 0.3) is 0 Å². The van der Waals surface area contributed by atoms with Crippen molar-refractivity contribution in [2.75, 3.05) is 13.6 Å². The predicted molar refractivity (Wildman–Crippen MR) is 57.9 cm³/mol. The second kappa shape index (κ2) is 4.95. The Morgan fingerprint density at radius 2 is 2.50 bits per heavy atom. The second-order valence-electron chi connectivity index (χ2n) is 3.28. The van der Waals surface area contributed by atoms with Gasteiger partial charge in [0.05, 0.1) is 11.9 Å². The molecule has 0 aromatic heterocycles. The summed E-state index contributed by atoms with van der Waals surface area (Å²) in [7, 11) is 1.97. The van der Waals surface area contributed by atoms with Crippen molar-refractivity contribution in [3.8, 4) is 0 Å². The van der Waals surface area contributed by atoms with E-state index >= 15 is 0 Å². The first-order chi connectivity index (χ1) is 6.65. The summed E-state index contributed by atoms with van der Waals surface area (Å²) < 4.78 is 0. The number of hydrogen-bond acceptors (Lipinski definition) is 3. The monoisotopic (exact) mass is 214 g/mol. The van der Waals surface area contributed by atoms with Crippen molar-refractivity contribution in [2.45, 2.75) is 19.3 Å². The molecule has 1 saturated heterocycles. The number of carbonyl (C=O) groups is 1. The molecule has 14 heavy (non-hydrogen) atoms. The molecule has 0 amide bonds. The van der Waals surface area contributed by atoms with E-state index in [0.29, 0.717) is 5.70 Å². The normalized spacial score (nSPS) is 19.4.